The molecule has 6 heteroatoms. The molecule has 1 aromatic carbocycles. The third-order valence-corrected chi connectivity index (χ3v) is 3.10. The lowest BCUT2D eigenvalue weighted by atomic mass is 10.1. The molecule has 0 unspecified atom stereocenters. The van der Waals surface area contributed by atoms with Gasteiger partial charge in [0, 0.05) is 41.8 Å². The Kier molecular flexibility index (Phi) is 2.56. The maximum absolute atomic E-state index is 11.9. The number of hydrogen-bond donors (Lipinski definition) is 2. The number of nitrogens with two attached hydrogens (primary N) is 1. The number of pyridine rings is 1. The van der Waals surface area contributed by atoms with E-state index >= 15 is 0 Å². The van der Waals surface area contributed by atoms with Crippen molar-refractivity contribution in [3.05, 3.63) is 30.6 Å². The Morgan fingerprint density at radius 2 is 2.16 bits per heavy atom. The van der Waals surface area contributed by atoms with E-state index in [1.807, 2.05) is 6.07 Å². The first kappa shape index (κ1) is 11.5. The minimum absolute atomic E-state index is 0.254. The van der Waals surface area contributed by atoms with Gasteiger partial charge in [0.05, 0.1) is 5.69 Å². The number of urea groups is 1. The van der Waals surface area contributed by atoms with Crippen LogP contribution in [0.2, 0.25) is 0 Å². The predicted molar refractivity (Wildman–Crippen MR) is 71.7 cm³/mol. The summed E-state index contributed by atoms with van der Waals surface area (Å²) in [6, 6.07) is 4.95. The number of nitrogen functional groups attached to an aromatic ring is 1. The molecule has 6 nitrogen and oxygen atoms in total. The number of fused-ring (bicyclic) bond motifs is 1. The van der Waals surface area contributed by atoms with E-state index < -0.39 is 6.03 Å². The fourth-order valence-corrected chi connectivity index (χ4v) is 2.23. The first-order valence-corrected chi connectivity index (χ1v) is 5.90. The highest BCUT2D eigenvalue weighted by atomic mass is 16.2. The highest BCUT2D eigenvalue weighted by molar-refractivity contribution is 6.10. The molecule has 3 amide bonds. The zero-order valence-corrected chi connectivity index (χ0v) is 10.1. The van der Waals surface area contributed by atoms with E-state index in [0.29, 0.717) is 17.9 Å². The standard InChI is InChI=1S/C13H12N4O2/c14-9-5-8-7-15-3-1-10(8)11(6-9)17-4-2-12(18)16-13(17)19/h1,3,5-7H,2,4,14H2,(H,16,18,19). The zero-order valence-electron chi connectivity index (χ0n) is 10.1. The van der Waals surface area contributed by atoms with Crippen molar-refractivity contribution < 1.29 is 9.59 Å². The Morgan fingerprint density at radius 3 is 2.95 bits per heavy atom. The summed E-state index contributed by atoms with van der Waals surface area (Å²) in [4.78, 5) is 28.7. The summed E-state index contributed by atoms with van der Waals surface area (Å²) in [5.74, 6) is -0.254. The highest BCUT2D eigenvalue weighted by Crippen LogP contribution is 2.30. The van der Waals surface area contributed by atoms with Gasteiger partial charge in [0.1, 0.15) is 0 Å². The van der Waals surface area contributed by atoms with Crippen molar-refractivity contribution in [2.75, 3.05) is 17.2 Å². The summed E-state index contributed by atoms with van der Waals surface area (Å²) >= 11 is 0. The second-order valence-electron chi connectivity index (χ2n) is 4.39. The van der Waals surface area contributed by atoms with Crippen molar-refractivity contribution in [1.29, 1.82) is 0 Å². The van der Waals surface area contributed by atoms with Crippen LogP contribution >= 0.6 is 0 Å². The number of hydrogen-bond acceptors (Lipinski definition) is 4. The number of amides is 3. The number of rotatable bonds is 1. The second-order valence-corrected chi connectivity index (χ2v) is 4.39. The third kappa shape index (κ3) is 1.97. The number of imide groups is 1. The molecule has 1 fully saturated rings. The largest absolute Gasteiger partial charge is 0.399 e. The first-order chi connectivity index (χ1) is 9.15. The molecule has 0 radical (unpaired) electrons. The smallest absolute Gasteiger partial charge is 0.328 e. The van der Waals surface area contributed by atoms with Gasteiger partial charge in [-0.05, 0) is 18.2 Å². The van der Waals surface area contributed by atoms with E-state index in [4.69, 9.17) is 5.73 Å². The van der Waals surface area contributed by atoms with Gasteiger partial charge in [-0.3, -0.25) is 20.0 Å². The van der Waals surface area contributed by atoms with E-state index in [0.717, 1.165) is 10.8 Å². The van der Waals surface area contributed by atoms with Gasteiger partial charge < -0.3 is 5.73 Å². The number of nitrogens with one attached hydrogen (secondary N) is 1. The summed E-state index contributed by atoms with van der Waals surface area (Å²) in [5.41, 5.74) is 7.10. The molecule has 1 aliphatic rings. The molecule has 2 heterocycles. The number of carbonyl (C=O) groups is 2. The van der Waals surface area contributed by atoms with Gasteiger partial charge in [-0.15, -0.1) is 0 Å². The SMILES string of the molecule is Nc1cc(N2CCC(=O)NC2=O)c2ccncc2c1. The molecule has 1 aliphatic heterocycles. The molecule has 0 saturated carbocycles. The van der Waals surface area contributed by atoms with Crippen molar-refractivity contribution in [2.45, 2.75) is 6.42 Å². The van der Waals surface area contributed by atoms with Gasteiger partial charge in [-0.2, -0.15) is 0 Å². The normalized spacial score (nSPS) is 15.7. The Morgan fingerprint density at radius 1 is 1.32 bits per heavy atom. The van der Waals surface area contributed by atoms with E-state index in [2.05, 4.69) is 10.3 Å². The lowest BCUT2D eigenvalue weighted by molar-refractivity contribution is -0.120. The molecule has 1 aromatic heterocycles. The van der Waals surface area contributed by atoms with Crippen LogP contribution < -0.4 is 16.0 Å². The second kappa shape index (κ2) is 4.24. The average molecular weight is 256 g/mol. The molecule has 2 aromatic rings. The summed E-state index contributed by atoms with van der Waals surface area (Å²) in [7, 11) is 0. The Hall–Kier alpha value is -2.63. The molecule has 3 N–H and O–H groups in total. The summed E-state index contributed by atoms with van der Waals surface area (Å²) < 4.78 is 0. The minimum atomic E-state index is -0.417. The topological polar surface area (TPSA) is 88.3 Å². The van der Waals surface area contributed by atoms with Crippen LogP contribution in [-0.2, 0) is 4.79 Å². The molecule has 3 rings (SSSR count). The van der Waals surface area contributed by atoms with E-state index in [-0.39, 0.29) is 12.3 Å². The van der Waals surface area contributed by atoms with Crippen molar-refractivity contribution in [3.8, 4) is 0 Å². The number of benzene rings is 1. The predicted octanol–water partition coefficient (Wildman–Crippen LogP) is 1.26. The summed E-state index contributed by atoms with van der Waals surface area (Å²) in [6.07, 6.45) is 3.64. The fourth-order valence-electron chi connectivity index (χ4n) is 2.23. The van der Waals surface area contributed by atoms with Gasteiger partial charge >= 0.3 is 6.03 Å². The lowest BCUT2D eigenvalue weighted by Crippen LogP contribution is -2.49. The maximum Gasteiger partial charge on any atom is 0.328 e. The maximum atomic E-state index is 11.9. The molecule has 0 bridgehead atoms. The van der Waals surface area contributed by atoms with Crippen molar-refractivity contribution >= 4 is 34.1 Å². The fraction of sp³-hybridized carbons (Fsp3) is 0.154. The molecule has 0 atom stereocenters. The molecule has 0 aliphatic carbocycles. The van der Waals surface area contributed by atoms with Gasteiger partial charge in [-0.25, -0.2) is 4.79 Å². The van der Waals surface area contributed by atoms with E-state index in [1.165, 1.54) is 4.90 Å². The minimum Gasteiger partial charge on any atom is -0.399 e. The van der Waals surface area contributed by atoms with Crippen molar-refractivity contribution in [3.63, 3.8) is 0 Å². The first-order valence-electron chi connectivity index (χ1n) is 5.90. The van der Waals surface area contributed by atoms with Gasteiger partial charge in [0.2, 0.25) is 5.91 Å². The molecule has 0 spiro atoms. The zero-order chi connectivity index (χ0) is 13.4. The third-order valence-electron chi connectivity index (χ3n) is 3.10. The molecular formula is C13H12N4O2. The van der Waals surface area contributed by atoms with E-state index in [9.17, 15) is 9.59 Å². The van der Waals surface area contributed by atoms with Crippen molar-refractivity contribution in [2.24, 2.45) is 0 Å². The monoisotopic (exact) mass is 256 g/mol. The lowest BCUT2D eigenvalue weighted by Gasteiger charge is -2.27. The van der Waals surface area contributed by atoms with Crippen LogP contribution in [0.15, 0.2) is 30.6 Å². The van der Waals surface area contributed by atoms with Gasteiger partial charge in [0.15, 0.2) is 0 Å². The summed E-state index contributed by atoms with van der Waals surface area (Å²) in [5, 5.41) is 4.05. The molecule has 96 valence electrons. The van der Waals surface area contributed by atoms with Crippen LogP contribution in [0.5, 0.6) is 0 Å². The highest BCUT2D eigenvalue weighted by Gasteiger charge is 2.25. The Balaban J connectivity index is 2.14. The van der Waals surface area contributed by atoms with Crippen LogP contribution in [0.4, 0.5) is 16.2 Å². The van der Waals surface area contributed by atoms with Crippen LogP contribution in [0.25, 0.3) is 10.8 Å². The number of nitrogens with zero attached hydrogens (tertiary/aromatic N) is 2. The van der Waals surface area contributed by atoms with Crippen LogP contribution in [0.3, 0.4) is 0 Å². The molecular weight excluding hydrogens is 244 g/mol. The van der Waals surface area contributed by atoms with E-state index in [1.54, 1.807) is 24.5 Å². The van der Waals surface area contributed by atoms with Gasteiger partial charge in [0.25, 0.3) is 0 Å². The number of anilines is 2. The Labute approximate surface area is 109 Å². The number of carbonyl (C=O) groups excluding carboxylic acids is 2. The van der Waals surface area contributed by atoms with Crippen LogP contribution in [-0.4, -0.2) is 23.5 Å². The Bertz CT molecular complexity index is 683. The average Bonchev–Trinajstić information content (AvgIpc) is 2.38. The van der Waals surface area contributed by atoms with Crippen LogP contribution in [0, 0.1) is 0 Å². The van der Waals surface area contributed by atoms with Crippen molar-refractivity contribution in [1.82, 2.24) is 10.3 Å². The summed E-state index contributed by atoms with van der Waals surface area (Å²) in [6.45, 7) is 0.353. The van der Waals surface area contributed by atoms with Crippen LogP contribution in [0.1, 0.15) is 6.42 Å². The quantitative estimate of drug-likeness (QED) is 0.752. The molecule has 1 saturated heterocycles. The number of aromatic nitrogens is 1. The van der Waals surface area contributed by atoms with Gasteiger partial charge in [-0.1, -0.05) is 0 Å². The molecule has 19 heavy (non-hydrogen) atoms.